The van der Waals surface area contributed by atoms with Gasteiger partial charge in [0.2, 0.25) is 0 Å². The van der Waals surface area contributed by atoms with Crippen molar-refractivity contribution in [3.8, 4) is 5.75 Å². The Morgan fingerprint density at radius 2 is 2.00 bits per heavy atom. The molecule has 150 valence electrons. The van der Waals surface area contributed by atoms with Crippen LogP contribution in [0.25, 0.3) is 10.4 Å². The van der Waals surface area contributed by atoms with Crippen molar-refractivity contribution in [1.29, 1.82) is 0 Å². The zero-order chi connectivity index (χ0) is 20.4. The number of piperazine rings is 1. The summed E-state index contributed by atoms with van der Waals surface area (Å²) in [4.78, 5) is 39.3. The second-order valence-electron chi connectivity index (χ2n) is 5.97. The third-order valence-corrected chi connectivity index (χ3v) is 4.01. The van der Waals surface area contributed by atoms with Gasteiger partial charge in [-0.25, -0.2) is 9.59 Å². The lowest BCUT2D eigenvalue weighted by atomic mass is 10.0. The minimum Gasteiger partial charge on any atom is -0.507 e. The number of phenols is 1. The van der Waals surface area contributed by atoms with Gasteiger partial charge in [-0.2, -0.15) is 0 Å². The number of amides is 1. The van der Waals surface area contributed by atoms with E-state index in [9.17, 15) is 19.5 Å². The van der Waals surface area contributed by atoms with Crippen molar-refractivity contribution in [2.75, 3.05) is 32.8 Å². The lowest BCUT2D eigenvalue weighted by molar-refractivity contribution is 0.0575. The van der Waals surface area contributed by atoms with Gasteiger partial charge in [0, 0.05) is 43.2 Å². The Kier molecular flexibility index (Phi) is 8.07. The molecule has 1 aliphatic heterocycles. The number of ketones is 1. The van der Waals surface area contributed by atoms with Gasteiger partial charge in [-0.1, -0.05) is 11.2 Å². The van der Waals surface area contributed by atoms with E-state index in [0.717, 1.165) is 0 Å². The molecular formula is C17H21N5O6. The Balaban J connectivity index is 1.65. The van der Waals surface area contributed by atoms with Gasteiger partial charge in [-0.3, -0.25) is 4.79 Å². The molecule has 1 aromatic rings. The number of phenolic OH excluding ortho intramolecular Hbond substituents is 1. The van der Waals surface area contributed by atoms with Gasteiger partial charge < -0.3 is 24.8 Å². The third-order valence-electron chi connectivity index (χ3n) is 4.01. The number of hydrogen-bond donors (Lipinski definition) is 2. The van der Waals surface area contributed by atoms with Crippen LogP contribution < -0.4 is 5.32 Å². The number of unbranched alkanes of at least 4 members (excludes halogenated alkanes) is 1. The van der Waals surface area contributed by atoms with Crippen LogP contribution in [0.4, 0.5) is 15.3 Å². The Bertz CT molecular complexity index is 771. The van der Waals surface area contributed by atoms with E-state index < -0.39 is 12.2 Å². The van der Waals surface area contributed by atoms with Gasteiger partial charge >= 0.3 is 12.2 Å². The Morgan fingerprint density at radius 3 is 2.68 bits per heavy atom. The molecule has 0 aromatic heterocycles. The zero-order valence-corrected chi connectivity index (χ0v) is 15.2. The van der Waals surface area contributed by atoms with E-state index in [0.29, 0.717) is 39.0 Å². The highest BCUT2D eigenvalue weighted by Gasteiger charge is 2.21. The van der Waals surface area contributed by atoms with Gasteiger partial charge in [-0.15, -0.1) is 0 Å². The molecule has 2 N–H and O–H groups in total. The number of rotatable bonds is 7. The molecule has 1 heterocycles. The smallest absolute Gasteiger partial charge is 0.507 e. The number of azide groups is 1. The van der Waals surface area contributed by atoms with Crippen LogP contribution in [0.15, 0.2) is 23.3 Å². The topological polar surface area (TPSA) is 154 Å². The van der Waals surface area contributed by atoms with Crippen LogP contribution in [0.1, 0.15) is 29.6 Å². The molecule has 1 amide bonds. The summed E-state index contributed by atoms with van der Waals surface area (Å²) in [5.41, 5.74) is 8.68. The first kappa shape index (κ1) is 21.0. The average Bonchev–Trinajstić information content (AvgIpc) is 2.68. The molecule has 2 rings (SSSR count). The molecule has 11 heteroatoms. The fourth-order valence-electron chi connectivity index (χ4n) is 2.56. The number of nitrogens with zero attached hydrogens (tertiary/aromatic N) is 4. The molecule has 0 unspecified atom stereocenters. The summed E-state index contributed by atoms with van der Waals surface area (Å²) in [6.45, 7) is 2.21. The second kappa shape index (κ2) is 10.8. The first-order valence-electron chi connectivity index (χ1n) is 8.77. The van der Waals surface area contributed by atoms with E-state index in [-0.39, 0.29) is 35.8 Å². The molecule has 0 radical (unpaired) electrons. The molecule has 28 heavy (non-hydrogen) atoms. The molecule has 1 saturated heterocycles. The highest BCUT2D eigenvalue weighted by atomic mass is 16.7. The van der Waals surface area contributed by atoms with Gasteiger partial charge in [0.25, 0.3) is 0 Å². The number of carbonyl (C=O) groups is 3. The molecule has 0 aliphatic carbocycles. The fourth-order valence-corrected chi connectivity index (χ4v) is 2.56. The van der Waals surface area contributed by atoms with Crippen LogP contribution >= 0.6 is 0 Å². The first-order valence-corrected chi connectivity index (χ1v) is 8.77. The number of benzene rings is 1. The predicted octanol–water partition coefficient (Wildman–Crippen LogP) is 2.87. The van der Waals surface area contributed by atoms with Gasteiger partial charge in [0.15, 0.2) is 5.78 Å². The van der Waals surface area contributed by atoms with Crippen molar-refractivity contribution in [2.45, 2.75) is 19.3 Å². The maximum atomic E-state index is 12.1. The van der Waals surface area contributed by atoms with Crippen molar-refractivity contribution in [3.63, 3.8) is 0 Å². The van der Waals surface area contributed by atoms with Crippen LogP contribution in [-0.2, 0) is 9.47 Å². The van der Waals surface area contributed by atoms with Crippen LogP contribution in [0.3, 0.4) is 0 Å². The largest absolute Gasteiger partial charge is 0.517 e. The Morgan fingerprint density at radius 1 is 1.25 bits per heavy atom. The predicted molar refractivity (Wildman–Crippen MR) is 97.4 cm³/mol. The summed E-state index contributed by atoms with van der Waals surface area (Å²) in [6.07, 6.45) is -0.871. The summed E-state index contributed by atoms with van der Waals surface area (Å²) in [5, 5.41) is 16.2. The van der Waals surface area contributed by atoms with E-state index in [1.165, 1.54) is 23.1 Å². The van der Waals surface area contributed by atoms with E-state index in [1.807, 2.05) is 0 Å². The molecule has 1 aromatic carbocycles. The van der Waals surface area contributed by atoms with Crippen molar-refractivity contribution >= 4 is 23.7 Å². The van der Waals surface area contributed by atoms with E-state index in [1.54, 1.807) is 0 Å². The summed E-state index contributed by atoms with van der Waals surface area (Å²) >= 11 is 0. The van der Waals surface area contributed by atoms with Crippen molar-refractivity contribution in [3.05, 3.63) is 34.2 Å². The van der Waals surface area contributed by atoms with E-state index >= 15 is 0 Å². The monoisotopic (exact) mass is 391 g/mol. The maximum absolute atomic E-state index is 12.1. The third kappa shape index (κ3) is 6.45. The highest BCUT2D eigenvalue weighted by Crippen LogP contribution is 2.25. The quantitative estimate of drug-likeness (QED) is 0.138. The number of aromatic hydroxyl groups is 1. The molecule has 0 atom stereocenters. The minimum absolute atomic E-state index is 0.00273. The highest BCUT2D eigenvalue weighted by molar-refractivity contribution is 5.98. The van der Waals surface area contributed by atoms with Gasteiger partial charge in [0.1, 0.15) is 5.75 Å². The molecule has 0 saturated carbocycles. The molecule has 0 spiro atoms. The van der Waals surface area contributed by atoms with Crippen LogP contribution in [-0.4, -0.2) is 60.8 Å². The van der Waals surface area contributed by atoms with Gasteiger partial charge in [-0.05, 0) is 30.5 Å². The molecule has 11 nitrogen and oxygen atoms in total. The number of Topliss-reactive ketones (excluding diaryl/α,β-unsaturated/α-hetero) is 1. The fraction of sp³-hybridized carbons (Fsp3) is 0.471. The summed E-state index contributed by atoms with van der Waals surface area (Å²) in [7, 11) is 0. The normalized spacial score (nSPS) is 13.4. The van der Waals surface area contributed by atoms with E-state index in [4.69, 9.17) is 10.3 Å². The molecular weight excluding hydrogens is 370 g/mol. The van der Waals surface area contributed by atoms with Crippen LogP contribution in [0.5, 0.6) is 5.75 Å². The summed E-state index contributed by atoms with van der Waals surface area (Å²) in [5.74, 6) is -0.553. The standard InChI is InChI=1S/C17H21N5O6/c18-21-20-12-4-5-13(15(24)11-12)14(23)3-1-2-10-27-17(26)28-16(25)22-8-6-19-7-9-22/h4-5,11,19,24H,1-3,6-10H2. The molecule has 1 fully saturated rings. The number of nitrogens with one attached hydrogen (secondary N) is 1. The number of hydrogen-bond acceptors (Lipinski definition) is 8. The van der Waals surface area contributed by atoms with E-state index in [2.05, 4.69) is 20.1 Å². The van der Waals surface area contributed by atoms with Crippen LogP contribution in [0.2, 0.25) is 0 Å². The molecule has 0 bridgehead atoms. The Hall–Kier alpha value is -3.30. The van der Waals surface area contributed by atoms with Crippen LogP contribution in [0, 0.1) is 0 Å². The Labute approximate surface area is 160 Å². The minimum atomic E-state index is -1.07. The number of ether oxygens (including phenoxy) is 2. The van der Waals surface area contributed by atoms with Crippen molar-refractivity contribution < 1.29 is 29.0 Å². The van der Waals surface area contributed by atoms with Crippen molar-refractivity contribution in [1.82, 2.24) is 10.2 Å². The average molecular weight is 391 g/mol. The van der Waals surface area contributed by atoms with Gasteiger partial charge in [0.05, 0.1) is 12.2 Å². The summed E-state index contributed by atoms with van der Waals surface area (Å²) < 4.78 is 9.42. The summed E-state index contributed by atoms with van der Waals surface area (Å²) in [6, 6.07) is 4.03. The molecule has 1 aliphatic rings. The SMILES string of the molecule is [N-]=[N+]=Nc1ccc(C(=O)CCCCOC(=O)OC(=O)N2CCNCC2)c(O)c1. The first-order chi connectivity index (χ1) is 13.5. The lowest BCUT2D eigenvalue weighted by Gasteiger charge is -2.25. The maximum Gasteiger partial charge on any atom is 0.517 e. The lowest BCUT2D eigenvalue weighted by Crippen LogP contribution is -2.47. The second-order valence-corrected chi connectivity index (χ2v) is 5.97. The zero-order valence-electron chi connectivity index (χ0n) is 15.2. The van der Waals surface area contributed by atoms with Crippen molar-refractivity contribution in [2.24, 2.45) is 5.11 Å². The number of carbonyl (C=O) groups excluding carboxylic acids is 3.